The molecule has 19 atom stereocenters. The summed E-state index contributed by atoms with van der Waals surface area (Å²) in [6.07, 6.45) is -17.9. The third-order valence-electron chi connectivity index (χ3n) is 10.3. The Morgan fingerprint density at radius 2 is 0.962 bits per heavy atom. The number of ether oxygens (including phenoxy) is 6. The van der Waals surface area contributed by atoms with Crippen LogP contribution in [-0.4, -0.2) is 210 Å². The predicted octanol–water partition coefficient (Wildman–Crippen LogP) is -5.61. The lowest BCUT2D eigenvalue weighted by molar-refractivity contribution is -0.315. The molecule has 0 amide bonds. The molecule has 0 aromatic heterocycles. The first kappa shape index (κ1) is 44.0. The van der Waals surface area contributed by atoms with E-state index in [2.05, 4.69) is 26.6 Å². The van der Waals surface area contributed by atoms with Gasteiger partial charge in [-0.3, -0.25) is 0 Å². The van der Waals surface area contributed by atoms with Crippen molar-refractivity contribution in [1.29, 1.82) is 0 Å². The van der Waals surface area contributed by atoms with Crippen LogP contribution in [0.5, 0.6) is 0 Å². The van der Waals surface area contributed by atoms with Gasteiger partial charge in [0.1, 0.15) is 67.1 Å². The fourth-order valence-corrected chi connectivity index (χ4v) is 7.66. The zero-order valence-electron chi connectivity index (χ0n) is 30.9. The molecule has 1 unspecified atom stereocenters. The van der Waals surface area contributed by atoms with Crippen molar-refractivity contribution in [3.8, 4) is 0 Å². The second-order valence-corrected chi connectivity index (χ2v) is 13.8. The molecule has 52 heavy (non-hydrogen) atoms. The SMILES string of the molecule is CCNCC1O[C@H](O[C@H]2[C@@H](O)[C@H](O[C@@H]3[C@@H](O)[C@H](NCC)C[C@H](NCC)[C@H]3O[C@H]3O[C@H](CO)[C@@H](O)[C@H](O)[C@H]3NCC)O[C@@H]2CO)[C@H](NCC)[C@@H](O)[C@@H]1O. The Labute approximate surface area is 305 Å². The average molecular weight is 756 g/mol. The van der Waals surface area contributed by atoms with E-state index < -0.39 is 129 Å². The second-order valence-electron chi connectivity index (χ2n) is 13.8. The Balaban J connectivity index is 1.61. The molecular weight excluding hydrogens is 690 g/mol. The predicted molar refractivity (Wildman–Crippen MR) is 184 cm³/mol. The van der Waals surface area contributed by atoms with Crippen molar-refractivity contribution in [1.82, 2.24) is 26.6 Å². The van der Waals surface area contributed by atoms with Crippen molar-refractivity contribution in [2.24, 2.45) is 0 Å². The summed E-state index contributed by atoms with van der Waals surface area (Å²) in [6.45, 7) is 10.8. The Hall–Kier alpha value is -0.760. The summed E-state index contributed by atoms with van der Waals surface area (Å²) < 4.78 is 37.2. The fraction of sp³-hybridized carbons (Fsp3) is 1.00. The van der Waals surface area contributed by atoms with Crippen molar-refractivity contribution < 1.29 is 69.3 Å². The summed E-state index contributed by atoms with van der Waals surface area (Å²) in [4.78, 5) is 0. The molecule has 3 saturated heterocycles. The Bertz CT molecular complexity index is 1030. The molecule has 1 saturated carbocycles. The quantitative estimate of drug-likeness (QED) is 0.0585. The molecule has 0 radical (unpaired) electrons. The molecule has 0 aromatic rings. The highest BCUT2D eigenvalue weighted by Gasteiger charge is 2.55. The monoisotopic (exact) mass is 755 g/mol. The summed E-state index contributed by atoms with van der Waals surface area (Å²) in [7, 11) is 0. The van der Waals surface area contributed by atoms with Gasteiger partial charge in [0, 0.05) is 18.6 Å². The molecule has 19 nitrogen and oxygen atoms in total. The van der Waals surface area contributed by atoms with Crippen LogP contribution in [-0.2, 0) is 28.4 Å². The van der Waals surface area contributed by atoms with E-state index in [9.17, 15) is 40.9 Å². The number of hydrogen-bond acceptors (Lipinski definition) is 19. The van der Waals surface area contributed by atoms with Gasteiger partial charge >= 0.3 is 0 Å². The molecule has 0 bridgehead atoms. The standard InChI is InChI=1S/C33H65N5O14/c1-6-34-12-17-23(42)25(44)20(37-9-4)31(47-17)51-29-19(14-40)49-33(27(29)46)52-30-22(41)15(35-7-2)11-16(36-8-3)28(30)50-32-21(38-10-5)26(45)24(43)18(13-39)48-32/h15-46H,6-14H2,1-5H3/t15-,16+,17?,18-,19-,20-,21-,22+,23-,24-,25-,26-,27-,28-,29-,30-,31-,32-,33+/m1/s1. The molecule has 0 spiro atoms. The van der Waals surface area contributed by atoms with Crippen LogP contribution < -0.4 is 26.6 Å². The van der Waals surface area contributed by atoms with Crippen molar-refractivity contribution in [3.05, 3.63) is 0 Å². The van der Waals surface area contributed by atoms with Gasteiger partial charge in [-0.05, 0) is 39.1 Å². The van der Waals surface area contributed by atoms with E-state index >= 15 is 0 Å². The number of aliphatic hydroxyl groups excluding tert-OH is 8. The van der Waals surface area contributed by atoms with Gasteiger partial charge in [0.15, 0.2) is 18.9 Å². The van der Waals surface area contributed by atoms with Crippen molar-refractivity contribution in [3.63, 3.8) is 0 Å². The van der Waals surface area contributed by atoms with Crippen molar-refractivity contribution >= 4 is 0 Å². The molecule has 4 aliphatic rings. The fourth-order valence-electron chi connectivity index (χ4n) is 7.66. The summed E-state index contributed by atoms with van der Waals surface area (Å²) in [5, 5.41) is 103. The van der Waals surface area contributed by atoms with Crippen LogP contribution in [0.1, 0.15) is 41.0 Å². The van der Waals surface area contributed by atoms with E-state index in [-0.39, 0.29) is 6.54 Å². The van der Waals surface area contributed by atoms with Crippen LogP contribution in [0.3, 0.4) is 0 Å². The van der Waals surface area contributed by atoms with E-state index in [1.165, 1.54) is 0 Å². The topological polar surface area (TPSA) is 277 Å². The van der Waals surface area contributed by atoms with Gasteiger partial charge < -0.3 is 95.9 Å². The zero-order valence-corrected chi connectivity index (χ0v) is 30.9. The molecule has 3 heterocycles. The van der Waals surface area contributed by atoms with Crippen LogP contribution >= 0.6 is 0 Å². The van der Waals surface area contributed by atoms with Crippen molar-refractivity contribution in [2.75, 3.05) is 52.5 Å². The Morgan fingerprint density at radius 1 is 0.481 bits per heavy atom. The summed E-state index contributed by atoms with van der Waals surface area (Å²) in [6, 6.07) is -2.74. The normalized spacial score (nSPS) is 45.8. The van der Waals surface area contributed by atoms with E-state index in [0.29, 0.717) is 39.1 Å². The molecule has 1 aliphatic carbocycles. The van der Waals surface area contributed by atoms with Crippen LogP contribution in [0, 0.1) is 0 Å². The minimum atomic E-state index is -1.53. The second kappa shape index (κ2) is 21.0. The van der Waals surface area contributed by atoms with Gasteiger partial charge in [-0.15, -0.1) is 0 Å². The molecule has 19 heteroatoms. The lowest BCUT2D eigenvalue weighted by Crippen LogP contribution is -2.69. The number of aliphatic hydroxyl groups is 8. The van der Waals surface area contributed by atoms with E-state index in [1.807, 2.05) is 34.6 Å². The highest BCUT2D eigenvalue weighted by Crippen LogP contribution is 2.35. The van der Waals surface area contributed by atoms with E-state index in [1.54, 1.807) is 0 Å². The maximum Gasteiger partial charge on any atom is 0.187 e. The lowest BCUT2D eigenvalue weighted by atomic mass is 9.83. The number of hydrogen-bond donors (Lipinski definition) is 13. The highest BCUT2D eigenvalue weighted by molar-refractivity contribution is 5.04. The molecule has 306 valence electrons. The number of rotatable bonds is 19. The minimum absolute atomic E-state index is 0.224. The zero-order chi connectivity index (χ0) is 38.1. The van der Waals surface area contributed by atoms with Crippen molar-refractivity contribution in [2.45, 2.75) is 157 Å². The Morgan fingerprint density at radius 3 is 1.50 bits per heavy atom. The van der Waals surface area contributed by atoms with E-state index in [0.717, 1.165) is 0 Å². The van der Waals surface area contributed by atoms with Crippen LogP contribution in [0.4, 0.5) is 0 Å². The lowest BCUT2D eigenvalue weighted by Gasteiger charge is -2.49. The molecule has 3 aliphatic heterocycles. The molecule has 0 aromatic carbocycles. The van der Waals surface area contributed by atoms with Gasteiger partial charge in [0.2, 0.25) is 0 Å². The van der Waals surface area contributed by atoms with Gasteiger partial charge in [-0.25, -0.2) is 0 Å². The molecule has 13 N–H and O–H groups in total. The third kappa shape index (κ3) is 9.96. The largest absolute Gasteiger partial charge is 0.394 e. The number of likely N-dealkylation sites (N-methyl/N-ethyl adjacent to an activating group) is 5. The van der Waals surface area contributed by atoms with Gasteiger partial charge in [-0.1, -0.05) is 34.6 Å². The third-order valence-corrected chi connectivity index (χ3v) is 10.3. The van der Waals surface area contributed by atoms with Crippen LogP contribution in [0.25, 0.3) is 0 Å². The first-order valence-electron chi connectivity index (χ1n) is 18.9. The molecular formula is C33H65N5O14. The Kier molecular flexibility index (Phi) is 17.7. The smallest absolute Gasteiger partial charge is 0.187 e. The summed E-state index contributed by atoms with van der Waals surface area (Å²) in [5.74, 6) is 0. The number of nitrogens with one attached hydrogen (secondary N) is 5. The van der Waals surface area contributed by atoms with Crippen LogP contribution in [0.15, 0.2) is 0 Å². The molecule has 4 rings (SSSR count). The summed E-state index contributed by atoms with van der Waals surface area (Å²) in [5.41, 5.74) is 0. The van der Waals surface area contributed by atoms with Gasteiger partial charge in [0.25, 0.3) is 0 Å². The first-order chi connectivity index (χ1) is 25.0. The van der Waals surface area contributed by atoms with E-state index in [4.69, 9.17) is 28.4 Å². The first-order valence-corrected chi connectivity index (χ1v) is 18.9. The highest BCUT2D eigenvalue weighted by atomic mass is 16.8. The minimum Gasteiger partial charge on any atom is -0.394 e. The van der Waals surface area contributed by atoms with Gasteiger partial charge in [0.05, 0.1) is 31.4 Å². The average Bonchev–Trinajstić information content (AvgIpc) is 3.43. The maximum atomic E-state index is 11.8. The van der Waals surface area contributed by atoms with Crippen LogP contribution in [0.2, 0.25) is 0 Å². The molecule has 4 fully saturated rings. The maximum absolute atomic E-state index is 11.8. The summed E-state index contributed by atoms with van der Waals surface area (Å²) >= 11 is 0. The van der Waals surface area contributed by atoms with Gasteiger partial charge in [-0.2, -0.15) is 0 Å².